The van der Waals surface area contributed by atoms with Gasteiger partial charge in [0.1, 0.15) is 5.78 Å². The van der Waals surface area contributed by atoms with Crippen LogP contribution in [0.4, 0.5) is 0 Å². The van der Waals surface area contributed by atoms with Crippen LogP contribution >= 0.6 is 0 Å². The Balaban J connectivity index is 2.03. The molecule has 0 atom stereocenters. The molecule has 1 aliphatic carbocycles. The van der Waals surface area contributed by atoms with E-state index in [0.29, 0.717) is 18.5 Å². The van der Waals surface area contributed by atoms with Crippen LogP contribution in [0, 0.1) is 5.41 Å². The second kappa shape index (κ2) is 6.94. The molecule has 1 aromatic carbocycles. The summed E-state index contributed by atoms with van der Waals surface area (Å²) < 4.78 is 0. The molecule has 0 bridgehead atoms. The van der Waals surface area contributed by atoms with E-state index in [1.165, 1.54) is 0 Å². The summed E-state index contributed by atoms with van der Waals surface area (Å²) >= 11 is 0. The SMILES string of the molecule is CNC(=O)c1ccc(CN(C)C(=O)C2(CC(C)=O)CCC2)cc1. The Morgan fingerprint density at radius 1 is 1.17 bits per heavy atom. The fourth-order valence-electron chi connectivity index (χ4n) is 3.20. The van der Waals surface area contributed by atoms with Crippen LogP contribution in [0.1, 0.15) is 48.5 Å². The number of nitrogens with one attached hydrogen (secondary N) is 1. The Kier molecular flexibility index (Phi) is 5.19. The van der Waals surface area contributed by atoms with Gasteiger partial charge in [-0.3, -0.25) is 14.4 Å². The Bertz CT molecular complexity index is 603. The van der Waals surface area contributed by atoms with E-state index in [1.54, 1.807) is 38.1 Å². The van der Waals surface area contributed by atoms with Gasteiger partial charge in [-0.1, -0.05) is 18.6 Å². The third kappa shape index (κ3) is 3.78. The van der Waals surface area contributed by atoms with Gasteiger partial charge in [0.05, 0.1) is 5.41 Å². The Morgan fingerprint density at radius 2 is 1.78 bits per heavy atom. The molecular formula is C18H24N2O3. The Morgan fingerprint density at radius 3 is 2.22 bits per heavy atom. The first-order valence-electron chi connectivity index (χ1n) is 7.94. The van der Waals surface area contributed by atoms with Gasteiger partial charge >= 0.3 is 0 Å². The van der Waals surface area contributed by atoms with E-state index in [4.69, 9.17) is 0 Å². The fourth-order valence-corrected chi connectivity index (χ4v) is 3.20. The first-order chi connectivity index (χ1) is 10.9. The Labute approximate surface area is 137 Å². The Hall–Kier alpha value is -2.17. The summed E-state index contributed by atoms with van der Waals surface area (Å²) in [5.41, 5.74) is 1.07. The highest BCUT2D eigenvalue weighted by Gasteiger charge is 2.46. The predicted molar refractivity (Wildman–Crippen MR) is 87.9 cm³/mol. The van der Waals surface area contributed by atoms with Crippen LogP contribution in [0.3, 0.4) is 0 Å². The number of carbonyl (C=O) groups is 3. The molecule has 1 aliphatic rings. The number of hydrogen-bond acceptors (Lipinski definition) is 3. The molecule has 2 amide bonds. The number of rotatable bonds is 6. The van der Waals surface area contributed by atoms with Crippen molar-refractivity contribution < 1.29 is 14.4 Å². The van der Waals surface area contributed by atoms with Crippen LogP contribution in [-0.2, 0) is 16.1 Å². The number of amides is 2. The summed E-state index contributed by atoms with van der Waals surface area (Å²) in [5.74, 6) is -0.00781. The summed E-state index contributed by atoms with van der Waals surface area (Å²) in [4.78, 5) is 37.4. The summed E-state index contributed by atoms with van der Waals surface area (Å²) in [7, 11) is 3.37. The highest BCUT2D eigenvalue weighted by Crippen LogP contribution is 2.45. The molecule has 1 saturated carbocycles. The lowest BCUT2D eigenvalue weighted by Crippen LogP contribution is -2.47. The van der Waals surface area contributed by atoms with Crippen molar-refractivity contribution in [1.29, 1.82) is 0 Å². The summed E-state index contributed by atoms with van der Waals surface area (Å²) in [6.07, 6.45) is 2.94. The number of benzene rings is 1. The summed E-state index contributed by atoms with van der Waals surface area (Å²) in [6, 6.07) is 7.21. The third-order valence-electron chi connectivity index (χ3n) is 4.56. The van der Waals surface area contributed by atoms with Gasteiger partial charge < -0.3 is 10.2 Å². The monoisotopic (exact) mass is 316 g/mol. The molecule has 1 fully saturated rings. The molecule has 2 rings (SSSR count). The van der Waals surface area contributed by atoms with E-state index in [1.807, 2.05) is 12.1 Å². The maximum absolute atomic E-state index is 12.7. The molecule has 0 radical (unpaired) electrons. The van der Waals surface area contributed by atoms with E-state index in [2.05, 4.69) is 5.32 Å². The minimum Gasteiger partial charge on any atom is -0.355 e. The van der Waals surface area contributed by atoms with E-state index < -0.39 is 5.41 Å². The predicted octanol–water partition coefficient (Wildman–Crippen LogP) is 2.15. The lowest BCUT2D eigenvalue weighted by atomic mass is 9.65. The average Bonchev–Trinajstić information content (AvgIpc) is 2.50. The first-order valence-corrected chi connectivity index (χ1v) is 7.94. The standard InChI is InChI=1S/C18H24N2O3/c1-13(21)11-18(9-4-10-18)17(23)20(3)12-14-5-7-15(8-6-14)16(22)19-2/h5-8H,4,9-12H2,1-3H3,(H,19,22). The molecule has 0 heterocycles. The van der Waals surface area contributed by atoms with E-state index in [-0.39, 0.29) is 17.6 Å². The molecule has 5 heteroatoms. The zero-order valence-corrected chi connectivity index (χ0v) is 14.0. The van der Waals surface area contributed by atoms with Gasteiger partial charge in [-0.25, -0.2) is 0 Å². The van der Waals surface area contributed by atoms with Crippen LogP contribution in [0.5, 0.6) is 0 Å². The molecule has 0 aromatic heterocycles. The maximum atomic E-state index is 12.7. The van der Waals surface area contributed by atoms with E-state index >= 15 is 0 Å². The van der Waals surface area contributed by atoms with Crippen molar-refractivity contribution in [2.24, 2.45) is 5.41 Å². The highest BCUT2D eigenvalue weighted by atomic mass is 16.2. The van der Waals surface area contributed by atoms with Gasteiger partial charge in [0, 0.05) is 32.6 Å². The molecular weight excluding hydrogens is 292 g/mol. The van der Waals surface area contributed by atoms with Gasteiger partial charge in [-0.05, 0) is 37.5 Å². The van der Waals surface area contributed by atoms with Crippen molar-refractivity contribution in [1.82, 2.24) is 10.2 Å². The van der Waals surface area contributed by atoms with Crippen LogP contribution < -0.4 is 5.32 Å². The molecule has 124 valence electrons. The lowest BCUT2D eigenvalue weighted by molar-refractivity contribution is -0.149. The normalized spacial score (nSPS) is 15.4. The highest BCUT2D eigenvalue weighted by molar-refractivity contribution is 5.94. The van der Waals surface area contributed by atoms with Gasteiger partial charge in [-0.2, -0.15) is 0 Å². The van der Waals surface area contributed by atoms with Crippen molar-refractivity contribution in [3.63, 3.8) is 0 Å². The molecule has 5 nitrogen and oxygen atoms in total. The largest absolute Gasteiger partial charge is 0.355 e. The number of ketones is 1. The molecule has 1 aromatic rings. The number of nitrogens with zero attached hydrogens (tertiary/aromatic N) is 1. The summed E-state index contributed by atoms with van der Waals surface area (Å²) in [5, 5.41) is 2.58. The first kappa shape index (κ1) is 17.2. The minimum atomic E-state index is -0.484. The molecule has 0 spiro atoms. The average molecular weight is 316 g/mol. The molecule has 1 N–H and O–H groups in total. The van der Waals surface area contributed by atoms with Gasteiger partial charge in [-0.15, -0.1) is 0 Å². The zero-order valence-electron chi connectivity index (χ0n) is 14.0. The molecule has 0 saturated heterocycles. The number of Topliss-reactive ketones (excluding diaryl/α,β-unsaturated/α-hetero) is 1. The van der Waals surface area contributed by atoms with Crippen molar-refractivity contribution in [3.05, 3.63) is 35.4 Å². The number of hydrogen-bond donors (Lipinski definition) is 1. The van der Waals surface area contributed by atoms with E-state index in [9.17, 15) is 14.4 Å². The van der Waals surface area contributed by atoms with Crippen molar-refractivity contribution in [3.8, 4) is 0 Å². The quantitative estimate of drug-likeness (QED) is 0.874. The van der Waals surface area contributed by atoms with Crippen LogP contribution in [0.15, 0.2) is 24.3 Å². The van der Waals surface area contributed by atoms with Gasteiger partial charge in [0.25, 0.3) is 5.91 Å². The van der Waals surface area contributed by atoms with Crippen molar-refractivity contribution in [2.45, 2.75) is 39.2 Å². The lowest BCUT2D eigenvalue weighted by Gasteiger charge is -2.42. The molecule has 23 heavy (non-hydrogen) atoms. The maximum Gasteiger partial charge on any atom is 0.251 e. The van der Waals surface area contributed by atoms with Gasteiger partial charge in [0.2, 0.25) is 5.91 Å². The fraction of sp³-hybridized carbons (Fsp3) is 0.500. The second-order valence-electron chi connectivity index (χ2n) is 6.45. The second-order valence-corrected chi connectivity index (χ2v) is 6.45. The van der Waals surface area contributed by atoms with Gasteiger partial charge in [0.15, 0.2) is 0 Å². The van der Waals surface area contributed by atoms with Crippen molar-refractivity contribution in [2.75, 3.05) is 14.1 Å². The number of carbonyl (C=O) groups excluding carboxylic acids is 3. The third-order valence-corrected chi connectivity index (χ3v) is 4.56. The van der Waals surface area contributed by atoms with Crippen molar-refractivity contribution >= 4 is 17.6 Å². The van der Waals surface area contributed by atoms with Crippen LogP contribution in [0.2, 0.25) is 0 Å². The summed E-state index contributed by atoms with van der Waals surface area (Å²) in [6.45, 7) is 2.03. The molecule has 0 unspecified atom stereocenters. The minimum absolute atomic E-state index is 0.0503. The zero-order chi connectivity index (χ0) is 17.0. The van der Waals surface area contributed by atoms with Crippen LogP contribution in [-0.4, -0.2) is 36.6 Å². The molecule has 0 aliphatic heterocycles. The smallest absolute Gasteiger partial charge is 0.251 e. The van der Waals surface area contributed by atoms with Crippen LogP contribution in [0.25, 0.3) is 0 Å². The topological polar surface area (TPSA) is 66.5 Å². The van der Waals surface area contributed by atoms with E-state index in [0.717, 1.165) is 24.8 Å².